The first-order chi connectivity index (χ1) is 16.2. The van der Waals surface area contributed by atoms with Crippen molar-refractivity contribution in [2.75, 3.05) is 36.2 Å². The lowest BCUT2D eigenvalue weighted by Gasteiger charge is -2.30. The molecule has 0 bridgehead atoms. The van der Waals surface area contributed by atoms with E-state index in [9.17, 15) is 13.2 Å². The third-order valence-corrected chi connectivity index (χ3v) is 6.96. The van der Waals surface area contributed by atoms with E-state index < -0.39 is 10.1 Å². The highest BCUT2D eigenvalue weighted by atomic mass is 32.2. The summed E-state index contributed by atoms with van der Waals surface area (Å²) in [6, 6.07) is 12.3. The first-order valence-corrected chi connectivity index (χ1v) is 13.3. The summed E-state index contributed by atoms with van der Waals surface area (Å²) in [5.74, 6) is 0.650. The predicted octanol–water partition coefficient (Wildman–Crippen LogP) is 5.10. The van der Waals surface area contributed by atoms with E-state index in [4.69, 9.17) is 8.92 Å². The van der Waals surface area contributed by atoms with Crippen LogP contribution in [0.5, 0.6) is 11.5 Å². The standard InChI is InChI=1S/C25H37N3O5S/c1-7-19(5)28(25(29)26-22-13-11-12-14-23(22)32-6)18-20-15-16-21(27(8-2)9-3)17-24(20)33-34(30,31)10-4/h11-17,19H,7-10,18H2,1-6H3,(H,26,29)/t19-/m1/s1. The second-order valence-corrected chi connectivity index (χ2v) is 9.77. The molecule has 8 nitrogen and oxygen atoms in total. The quantitative estimate of drug-likeness (QED) is 0.416. The van der Waals surface area contributed by atoms with Crippen molar-refractivity contribution < 1.29 is 22.1 Å². The van der Waals surface area contributed by atoms with Gasteiger partial charge in [0.2, 0.25) is 0 Å². The minimum absolute atomic E-state index is 0.104. The molecule has 34 heavy (non-hydrogen) atoms. The van der Waals surface area contributed by atoms with Gasteiger partial charge in [-0.25, -0.2) is 4.79 Å². The maximum absolute atomic E-state index is 13.3. The molecule has 1 atom stereocenters. The third kappa shape index (κ3) is 7.03. The summed E-state index contributed by atoms with van der Waals surface area (Å²) in [4.78, 5) is 17.1. The van der Waals surface area contributed by atoms with E-state index in [0.717, 1.165) is 25.2 Å². The fourth-order valence-electron chi connectivity index (χ4n) is 3.50. The van der Waals surface area contributed by atoms with Crippen LogP contribution in [0.4, 0.5) is 16.2 Å². The molecule has 188 valence electrons. The number of carbonyl (C=O) groups excluding carboxylic acids is 1. The monoisotopic (exact) mass is 491 g/mol. The van der Waals surface area contributed by atoms with Crippen molar-refractivity contribution in [2.24, 2.45) is 0 Å². The van der Waals surface area contributed by atoms with E-state index in [1.54, 1.807) is 30.2 Å². The number of hydrogen-bond donors (Lipinski definition) is 1. The summed E-state index contributed by atoms with van der Waals surface area (Å²) in [5, 5.41) is 2.92. The zero-order chi connectivity index (χ0) is 25.3. The highest BCUT2D eigenvalue weighted by Gasteiger charge is 2.24. The number of carbonyl (C=O) groups is 1. The van der Waals surface area contributed by atoms with Crippen LogP contribution in [0.3, 0.4) is 0 Å². The normalized spacial score (nSPS) is 12.1. The number of urea groups is 1. The van der Waals surface area contributed by atoms with Crippen LogP contribution in [0.15, 0.2) is 42.5 Å². The fourth-order valence-corrected chi connectivity index (χ4v) is 4.05. The average Bonchev–Trinajstić information content (AvgIpc) is 2.83. The van der Waals surface area contributed by atoms with Gasteiger partial charge in [-0.05, 0) is 52.3 Å². The van der Waals surface area contributed by atoms with Crippen molar-refractivity contribution in [2.45, 2.75) is 53.6 Å². The van der Waals surface area contributed by atoms with Crippen molar-refractivity contribution in [3.05, 3.63) is 48.0 Å². The van der Waals surface area contributed by atoms with Crippen LogP contribution in [0.1, 0.15) is 46.6 Å². The molecule has 0 fully saturated rings. The molecule has 9 heteroatoms. The Hall–Kier alpha value is -2.94. The van der Waals surface area contributed by atoms with Crippen LogP contribution in [-0.4, -0.2) is 51.3 Å². The number of amides is 2. The zero-order valence-electron chi connectivity index (χ0n) is 21.0. The van der Waals surface area contributed by atoms with Crippen molar-refractivity contribution >= 4 is 27.5 Å². The largest absolute Gasteiger partial charge is 0.495 e. The molecule has 0 aliphatic carbocycles. The van der Waals surface area contributed by atoms with Crippen LogP contribution in [0.2, 0.25) is 0 Å². The van der Waals surface area contributed by atoms with Crippen LogP contribution in [0, 0.1) is 0 Å². The Morgan fingerprint density at radius 1 is 1.03 bits per heavy atom. The van der Waals surface area contributed by atoms with Gasteiger partial charge < -0.3 is 24.0 Å². The molecular weight excluding hydrogens is 454 g/mol. The molecule has 0 aliphatic rings. The minimum Gasteiger partial charge on any atom is -0.495 e. The number of nitrogens with zero attached hydrogens (tertiary/aromatic N) is 2. The highest BCUT2D eigenvalue weighted by molar-refractivity contribution is 7.87. The summed E-state index contributed by atoms with van der Waals surface area (Å²) in [7, 11) is -2.20. The zero-order valence-corrected chi connectivity index (χ0v) is 21.8. The number of hydrogen-bond acceptors (Lipinski definition) is 6. The van der Waals surface area contributed by atoms with Gasteiger partial charge in [-0.15, -0.1) is 0 Å². The Kier molecular flexibility index (Phi) is 10.0. The van der Waals surface area contributed by atoms with Gasteiger partial charge >= 0.3 is 16.1 Å². The maximum Gasteiger partial charge on any atom is 0.322 e. The summed E-state index contributed by atoms with van der Waals surface area (Å²) in [5.41, 5.74) is 2.04. The van der Waals surface area contributed by atoms with E-state index >= 15 is 0 Å². The molecule has 2 aromatic carbocycles. The van der Waals surface area contributed by atoms with Crippen molar-refractivity contribution in [1.82, 2.24) is 4.90 Å². The summed E-state index contributed by atoms with van der Waals surface area (Å²) in [6.07, 6.45) is 0.723. The van der Waals surface area contributed by atoms with Crippen LogP contribution < -0.4 is 19.1 Å². The molecule has 0 saturated heterocycles. The summed E-state index contributed by atoms with van der Waals surface area (Å²) < 4.78 is 35.5. The molecule has 2 aromatic rings. The van der Waals surface area contributed by atoms with Gasteiger partial charge in [0.25, 0.3) is 0 Å². The Morgan fingerprint density at radius 2 is 1.71 bits per heavy atom. The summed E-state index contributed by atoms with van der Waals surface area (Å²) in [6.45, 7) is 11.3. The molecule has 0 aromatic heterocycles. The second-order valence-electron chi connectivity index (χ2n) is 7.91. The maximum atomic E-state index is 13.3. The molecule has 0 heterocycles. The topological polar surface area (TPSA) is 88.2 Å². The van der Waals surface area contributed by atoms with Crippen molar-refractivity contribution in [1.29, 1.82) is 0 Å². The van der Waals surface area contributed by atoms with E-state index in [1.165, 1.54) is 6.92 Å². The average molecular weight is 492 g/mol. The van der Waals surface area contributed by atoms with E-state index in [1.807, 2.05) is 52.0 Å². The van der Waals surface area contributed by atoms with Gasteiger partial charge in [0.1, 0.15) is 11.5 Å². The lowest BCUT2D eigenvalue weighted by molar-refractivity contribution is 0.186. The number of ether oxygens (including phenoxy) is 1. The van der Waals surface area contributed by atoms with Gasteiger partial charge in [-0.1, -0.05) is 25.1 Å². The Bertz CT molecular complexity index is 1050. The fraction of sp³-hybridized carbons (Fsp3) is 0.480. The van der Waals surface area contributed by atoms with Gasteiger partial charge in [0, 0.05) is 36.4 Å². The van der Waals surface area contributed by atoms with Crippen LogP contribution in [-0.2, 0) is 16.7 Å². The molecule has 0 spiro atoms. The molecule has 2 amide bonds. The molecular formula is C25H37N3O5S. The first-order valence-electron chi connectivity index (χ1n) is 11.7. The van der Waals surface area contributed by atoms with E-state index in [2.05, 4.69) is 10.2 Å². The Labute approximate surface area is 204 Å². The third-order valence-electron chi connectivity index (χ3n) is 5.82. The van der Waals surface area contributed by atoms with Crippen LogP contribution in [0.25, 0.3) is 0 Å². The molecule has 0 saturated carbocycles. The van der Waals surface area contributed by atoms with Gasteiger partial charge in [-0.2, -0.15) is 8.42 Å². The minimum atomic E-state index is -3.74. The summed E-state index contributed by atoms with van der Waals surface area (Å²) >= 11 is 0. The Morgan fingerprint density at radius 3 is 2.29 bits per heavy atom. The highest BCUT2D eigenvalue weighted by Crippen LogP contribution is 2.30. The molecule has 1 N–H and O–H groups in total. The van der Waals surface area contributed by atoms with E-state index in [-0.39, 0.29) is 30.1 Å². The van der Waals surface area contributed by atoms with Crippen molar-refractivity contribution in [3.8, 4) is 11.5 Å². The number of nitrogens with one attached hydrogen (secondary N) is 1. The van der Waals surface area contributed by atoms with Crippen LogP contribution >= 0.6 is 0 Å². The Balaban J connectivity index is 2.43. The molecule has 0 unspecified atom stereocenters. The molecule has 2 rings (SSSR count). The second kappa shape index (κ2) is 12.5. The number of methoxy groups -OCH3 is 1. The lowest BCUT2D eigenvalue weighted by atomic mass is 10.1. The molecule has 0 aliphatic heterocycles. The van der Waals surface area contributed by atoms with Gasteiger partial charge in [0.15, 0.2) is 0 Å². The first kappa shape index (κ1) is 27.3. The van der Waals surface area contributed by atoms with Gasteiger partial charge in [0.05, 0.1) is 25.1 Å². The number of rotatable bonds is 12. The number of benzene rings is 2. The van der Waals surface area contributed by atoms with Crippen molar-refractivity contribution in [3.63, 3.8) is 0 Å². The number of anilines is 2. The van der Waals surface area contributed by atoms with E-state index in [0.29, 0.717) is 17.0 Å². The smallest absolute Gasteiger partial charge is 0.322 e. The predicted molar refractivity (Wildman–Crippen MR) is 137 cm³/mol. The molecule has 0 radical (unpaired) electrons. The number of para-hydroxylation sites is 2. The van der Waals surface area contributed by atoms with Gasteiger partial charge in [-0.3, -0.25) is 0 Å². The lowest BCUT2D eigenvalue weighted by Crippen LogP contribution is -2.40. The SMILES string of the molecule is CC[C@@H](C)N(Cc1ccc(N(CC)CC)cc1OS(=O)(=O)CC)C(=O)Nc1ccccc1OC.